The van der Waals surface area contributed by atoms with Crippen molar-refractivity contribution in [2.24, 2.45) is 5.92 Å². The van der Waals surface area contributed by atoms with Crippen LogP contribution < -0.4 is 0 Å². The fourth-order valence-electron chi connectivity index (χ4n) is 2.56. The molecule has 1 aromatic heterocycles. The standard InChI is InChI=1S/C13H17F3N2O/c14-13(15,16)12(19)11-8-17-18(9-11)7-6-10-4-2-1-3-5-10/h8-10H,1-7H2. The maximum absolute atomic E-state index is 12.2. The van der Waals surface area contributed by atoms with Gasteiger partial charge in [0.25, 0.3) is 5.78 Å². The van der Waals surface area contributed by atoms with Crippen molar-refractivity contribution in [3.05, 3.63) is 18.0 Å². The van der Waals surface area contributed by atoms with E-state index >= 15 is 0 Å². The van der Waals surface area contributed by atoms with E-state index in [-0.39, 0.29) is 5.56 Å². The summed E-state index contributed by atoms with van der Waals surface area (Å²) >= 11 is 0. The highest BCUT2D eigenvalue weighted by atomic mass is 19.4. The van der Waals surface area contributed by atoms with Crippen LogP contribution in [0.3, 0.4) is 0 Å². The van der Waals surface area contributed by atoms with Crippen molar-refractivity contribution in [1.29, 1.82) is 0 Å². The number of aryl methyl sites for hydroxylation is 1. The van der Waals surface area contributed by atoms with Gasteiger partial charge in [-0.05, 0) is 12.3 Å². The molecule has 0 amide bonds. The molecule has 0 N–H and O–H groups in total. The summed E-state index contributed by atoms with van der Waals surface area (Å²) in [4.78, 5) is 11.0. The first-order chi connectivity index (χ1) is 8.97. The molecule has 0 radical (unpaired) electrons. The Labute approximate surface area is 109 Å². The second kappa shape index (κ2) is 5.75. The Kier molecular flexibility index (Phi) is 4.27. The average molecular weight is 274 g/mol. The normalized spacial score (nSPS) is 17.6. The van der Waals surface area contributed by atoms with Gasteiger partial charge in [-0.25, -0.2) is 0 Å². The topological polar surface area (TPSA) is 34.9 Å². The van der Waals surface area contributed by atoms with Crippen LogP contribution in [0.15, 0.2) is 12.4 Å². The van der Waals surface area contributed by atoms with Crippen LogP contribution in [0.5, 0.6) is 0 Å². The zero-order valence-electron chi connectivity index (χ0n) is 10.6. The quantitative estimate of drug-likeness (QED) is 0.786. The van der Waals surface area contributed by atoms with Crippen molar-refractivity contribution in [3.63, 3.8) is 0 Å². The number of carbonyl (C=O) groups is 1. The number of alkyl halides is 3. The summed E-state index contributed by atoms with van der Waals surface area (Å²) < 4.78 is 38.1. The molecule has 1 aliphatic rings. The van der Waals surface area contributed by atoms with Crippen molar-refractivity contribution >= 4 is 5.78 Å². The molecule has 0 spiro atoms. The number of aromatic nitrogens is 2. The van der Waals surface area contributed by atoms with E-state index in [1.807, 2.05) is 0 Å². The molecule has 3 nitrogen and oxygen atoms in total. The first-order valence-electron chi connectivity index (χ1n) is 6.61. The Morgan fingerprint density at radius 3 is 2.63 bits per heavy atom. The van der Waals surface area contributed by atoms with Crippen molar-refractivity contribution in [2.45, 2.75) is 51.2 Å². The van der Waals surface area contributed by atoms with E-state index in [4.69, 9.17) is 0 Å². The smallest absolute Gasteiger partial charge is 0.284 e. The molecular weight excluding hydrogens is 257 g/mol. The molecule has 0 bridgehead atoms. The lowest BCUT2D eigenvalue weighted by Crippen LogP contribution is -2.22. The fourth-order valence-corrected chi connectivity index (χ4v) is 2.56. The summed E-state index contributed by atoms with van der Waals surface area (Å²) in [5, 5.41) is 3.83. The highest BCUT2D eigenvalue weighted by molar-refractivity contribution is 5.99. The second-order valence-electron chi connectivity index (χ2n) is 5.11. The Hall–Kier alpha value is -1.33. The minimum absolute atomic E-state index is 0.379. The number of halogens is 3. The van der Waals surface area contributed by atoms with Gasteiger partial charge in [0, 0.05) is 12.7 Å². The molecule has 1 aliphatic carbocycles. The zero-order valence-corrected chi connectivity index (χ0v) is 10.6. The van der Waals surface area contributed by atoms with Gasteiger partial charge in [-0.2, -0.15) is 18.3 Å². The fraction of sp³-hybridized carbons (Fsp3) is 0.692. The minimum atomic E-state index is -4.82. The van der Waals surface area contributed by atoms with E-state index in [0.717, 1.165) is 12.6 Å². The van der Waals surface area contributed by atoms with Crippen molar-refractivity contribution in [2.75, 3.05) is 0 Å². The monoisotopic (exact) mass is 274 g/mol. The lowest BCUT2D eigenvalue weighted by molar-refractivity contribution is -0.0885. The number of nitrogens with zero attached hydrogens (tertiary/aromatic N) is 2. The van der Waals surface area contributed by atoms with Gasteiger partial charge in [0.15, 0.2) is 0 Å². The largest absolute Gasteiger partial charge is 0.454 e. The van der Waals surface area contributed by atoms with E-state index in [2.05, 4.69) is 5.10 Å². The molecule has 1 heterocycles. The summed E-state index contributed by atoms with van der Waals surface area (Å²) in [6.07, 6.45) is 4.42. The third-order valence-electron chi connectivity index (χ3n) is 3.64. The molecule has 2 rings (SSSR count). The molecular formula is C13H17F3N2O. The van der Waals surface area contributed by atoms with E-state index in [9.17, 15) is 18.0 Å². The highest BCUT2D eigenvalue weighted by Crippen LogP contribution is 2.27. The molecule has 19 heavy (non-hydrogen) atoms. The number of hydrogen-bond donors (Lipinski definition) is 0. The van der Waals surface area contributed by atoms with Crippen molar-refractivity contribution in [3.8, 4) is 0 Å². The third kappa shape index (κ3) is 3.81. The zero-order chi connectivity index (χ0) is 13.9. The van der Waals surface area contributed by atoms with E-state index in [1.165, 1.54) is 43.0 Å². The number of carbonyl (C=O) groups excluding carboxylic acids is 1. The molecule has 1 fully saturated rings. The Morgan fingerprint density at radius 1 is 1.32 bits per heavy atom. The second-order valence-corrected chi connectivity index (χ2v) is 5.11. The van der Waals surface area contributed by atoms with Gasteiger partial charge in [-0.15, -0.1) is 0 Å². The van der Waals surface area contributed by atoms with Gasteiger partial charge in [0.1, 0.15) is 0 Å². The average Bonchev–Trinajstić information content (AvgIpc) is 2.84. The van der Waals surface area contributed by atoms with Crippen LogP contribution >= 0.6 is 0 Å². The number of Topliss-reactive ketones (excluding diaryl/α,β-unsaturated/α-hetero) is 1. The summed E-state index contributed by atoms with van der Waals surface area (Å²) in [6, 6.07) is 0. The first-order valence-corrected chi connectivity index (χ1v) is 6.61. The van der Waals surface area contributed by atoms with Crippen LogP contribution in [-0.4, -0.2) is 21.7 Å². The van der Waals surface area contributed by atoms with E-state index in [0.29, 0.717) is 12.5 Å². The predicted molar refractivity (Wildman–Crippen MR) is 63.8 cm³/mol. The lowest BCUT2D eigenvalue weighted by atomic mass is 9.87. The number of hydrogen-bond acceptors (Lipinski definition) is 2. The number of rotatable bonds is 4. The SMILES string of the molecule is O=C(c1cnn(CCC2CCCCC2)c1)C(F)(F)F. The predicted octanol–water partition coefficient (Wildman–Crippen LogP) is 3.60. The van der Waals surface area contributed by atoms with Crippen LogP contribution in [0, 0.1) is 5.92 Å². The van der Waals surface area contributed by atoms with Gasteiger partial charge in [0.2, 0.25) is 0 Å². The number of ketones is 1. The Morgan fingerprint density at radius 2 is 2.00 bits per heavy atom. The summed E-state index contributed by atoms with van der Waals surface area (Å²) in [6.45, 7) is 0.579. The summed E-state index contributed by atoms with van der Waals surface area (Å²) in [5.41, 5.74) is -0.379. The Balaban J connectivity index is 1.88. The molecule has 1 aromatic rings. The lowest BCUT2D eigenvalue weighted by Gasteiger charge is -2.21. The van der Waals surface area contributed by atoms with E-state index in [1.54, 1.807) is 0 Å². The third-order valence-corrected chi connectivity index (χ3v) is 3.64. The van der Waals surface area contributed by atoms with Crippen LogP contribution in [0.4, 0.5) is 13.2 Å². The van der Waals surface area contributed by atoms with Crippen molar-refractivity contribution in [1.82, 2.24) is 9.78 Å². The summed E-state index contributed by atoms with van der Waals surface area (Å²) in [5.74, 6) is -1.18. The van der Waals surface area contributed by atoms with Gasteiger partial charge >= 0.3 is 6.18 Å². The molecule has 0 atom stereocenters. The van der Waals surface area contributed by atoms with Crippen LogP contribution in [0.1, 0.15) is 48.9 Å². The maximum atomic E-state index is 12.2. The molecule has 106 valence electrons. The van der Waals surface area contributed by atoms with Crippen LogP contribution in [0.2, 0.25) is 0 Å². The Bertz CT molecular complexity index is 433. The molecule has 0 saturated heterocycles. The van der Waals surface area contributed by atoms with Crippen LogP contribution in [-0.2, 0) is 6.54 Å². The molecule has 0 aliphatic heterocycles. The van der Waals surface area contributed by atoms with Gasteiger partial charge in [0.05, 0.1) is 11.8 Å². The molecule has 1 saturated carbocycles. The summed E-state index contributed by atoms with van der Waals surface area (Å²) in [7, 11) is 0. The van der Waals surface area contributed by atoms with E-state index < -0.39 is 12.0 Å². The van der Waals surface area contributed by atoms with Gasteiger partial charge in [-0.1, -0.05) is 32.1 Å². The van der Waals surface area contributed by atoms with Crippen molar-refractivity contribution < 1.29 is 18.0 Å². The van der Waals surface area contributed by atoms with Gasteiger partial charge in [-0.3, -0.25) is 9.48 Å². The first kappa shape index (κ1) is 14.1. The molecule has 6 heteroatoms. The van der Waals surface area contributed by atoms with Gasteiger partial charge < -0.3 is 0 Å². The minimum Gasteiger partial charge on any atom is -0.284 e. The molecule has 0 unspecified atom stereocenters. The van der Waals surface area contributed by atoms with Crippen LogP contribution in [0.25, 0.3) is 0 Å². The molecule has 0 aromatic carbocycles. The highest BCUT2D eigenvalue weighted by Gasteiger charge is 2.39. The maximum Gasteiger partial charge on any atom is 0.454 e.